The van der Waals surface area contributed by atoms with Gasteiger partial charge in [0.15, 0.2) is 5.82 Å². The predicted molar refractivity (Wildman–Crippen MR) is 136 cm³/mol. The Bertz CT molecular complexity index is 1260. The number of allylic oxidation sites excluding steroid dienone is 1. The molecule has 0 fully saturated rings. The van der Waals surface area contributed by atoms with E-state index in [1.165, 1.54) is 10.8 Å². The highest BCUT2D eigenvalue weighted by Crippen LogP contribution is 2.22. The van der Waals surface area contributed by atoms with Crippen molar-refractivity contribution in [3.8, 4) is 17.1 Å². The fourth-order valence-corrected chi connectivity index (χ4v) is 3.34. The average Bonchev–Trinajstić information content (AvgIpc) is 3.31. The van der Waals surface area contributed by atoms with Crippen LogP contribution in [0, 0.1) is 0 Å². The Labute approximate surface area is 199 Å². The van der Waals surface area contributed by atoms with E-state index in [0.29, 0.717) is 18.3 Å². The van der Waals surface area contributed by atoms with Crippen LogP contribution in [0.3, 0.4) is 0 Å². The molecule has 0 aliphatic carbocycles. The lowest BCUT2D eigenvalue weighted by molar-refractivity contribution is 0.0957. The molecule has 7 heteroatoms. The Morgan fingerprint density at radius 2 is 1.71 bits per heavy atom. The molecule has 4 aromatic rings. The first-order valence-electron chi connectivity index (χ1n) is 10.9. The van der Waals surface area contributed by atoms with E-state index in [0.717, 1.165) is 28.1 Å². The van der Waals surface area contributed by atoms with Crippen LogP contribution in [0.1, 0.15) is 15.9 Å². The lowest BCUT2D eigenvalue weighted by Crippen LogP contribution is -2.14. The third-order valence-corrected chi connectivity index (χ3v) is 5.29. The first-order valence-corrected chi connectivity index (χ1v) is 10.9. The minimum Gasteiger partial charge on any atom is -0.497 e. The van der Waals surface area contributed by atoms with Gasteiger partial charge in [0, 0.05) is 38.0 Å². The number of aromatic nitrogens is 3. The van der Waals surface area contributed by atoms with Gasteiger partial charge < -0.3 is 15.0 Å². The molecule has 0 atom stereocenters. The molecule has 1 N–H and O–H groups in total. The summed E-state index contributed by atoms with van der Waals surface area (Å²) in [5, 5.41) is 7.76. The van der Waals surface area contributed by atoms with Gasteiger partial charge in [-0.3, -0.25) is 4.79 Å². The van der Waals surface area contributed by atoms with Crippen LogP contribution in [-0.2, 0) is 6.54 Å². The minimum absolute atomic E-state index is 0.290. The first-order chi connectivity index (χ1) is 16.5. The average molecular weight is 454 g/mol. The molecule has 0 unspecified atom stereocenters. The summed E-state index contributed by atoms with van der Waals surface area (Å²) in [7, 11) is 5.63. The van der Waals surface area contributed by atoms with Crippen LogP contribution in [0.4, 0.5) is 11.6 Å². The van der Waals surface area contributed by atoms with E-state index in [-0.39, 0.29) is 5.91 Å². The number of ether oxygens (including phenoxy) is 1. The second kappa shape index (κ2) is 10.5. The molecule has 0 bridgehead atoms. The molecule has 0 saturated carbocycles. The fourth-order valence-electron chi connectivity index (χ4n) is 3.34. The van der Waals surface area contributed by atoms with Crippen LogP contribution in [0.25, 0.3) is 17.5 Å². The molecular weight excluding hydrogens is 426 g/mol. The molecule has 172 valence electrons. The van der Waals surface area contributed by atoms with Crippen LogP contribution < -0.4 is 15.0 Å². The van der Waals surface area contributed by atoms with Crippen molar-refractivity contribution in [1.29, 1.82) is 0 Å². The van der Waals surface area contributed by atoms with Crippen LogP contribution in [0.2, 0.25) is 0 Å². The number of rotatable bonds is 8. The molecule has 3 aromatic carbocycles. The van der Waals surface area contributed by atoms with Gasteiger partial charge in [0.2, 0.25) is 5.95 Å². The summed E-state index contributed by atoms with van der Waals surface area (Å²) in [4.78, 5) is 19.7. The van der Waals surface area contributed by atoms with Crippen LogP contribution in [0.15, 0.2) is 84.9 Å². The van der Waals surface area contributed by atoms with E-state index < -0.39 is 0 Å². The lowest BCUT2D eigenvalue weighted by Gasteiger charge is -2.13. The Balaban J connectivity index is 1.60. The summed E-state index contributed by atoms with van der Waals surface area (Å²) >= 11 is 0. The highest BCUT2D eigenvalue weighted by atomic mass is 16.5. The molecule has 1 aromatic heterocycles. The van der Waals surface area contributed by atoms with Gasteiger partial charge in [-0.1, -0.05) is 42.5 Å². The third-order valence-electron chi connectivity index (χ3n) is 5.29. The molecule has 0 saturated heterocycles. The number of benzene rings is 3. The van der Waals surface area contributed by atoms with E-state index in [2.05, 4.69) is 27.5 Å². The van der Waals surface area contributed by atoms with Gasteiger partial charge in [-0.05, 0) is 53.6 Å². The molecule has 0 radical (unpaired) electrons. The molecule has 34 heavy (non-hydrogen) atoms. The summed E-state index contributed by atoms with van der Waals surface area (Å²) in [6.45, 7) is 0.504. The van der Waals surface area contributed by atoms with Gasteiger partial charge in [0.1, 0.15) is 5.75 Å². The van der Waals surface area contributed by atoms with Gasteiger partial charge >= 0.3 is 0 Å². The van der Waals surface area contributed by atoms with Gasteiger partial charge in [0.05, 0.1) is 7.11 Å². The Kier molecular flexibility index (Phi) is 7.03. The van der Waals surface area contributed by atoms with E-state index in [4.69, 9.17) is 4.74 Å². The van der Waals surface area contributed by atoms with E-state index >= 15 is 0 Å². The highest BCUT2D eigenvalue weighted by Gasteiger charge is 2.16. The quantitative estimate of drug-likeness (QED) is 0.379. The number of nitrogens with zero attached hydrogens (tertiary/aromatic N) is 4. The standard InChI is InChI=1S/C27H27N5O2/c1-31(2)23-14-9-21(10-15-23)19-28-27-29-26(22-12-16-24(34-3)17-13-22)30-32(27)25(33)18-11-20-7-5-4-6-8-20/h4-18H,19H2,1-3H3,(H,28,29,30). The zero-order valence-corrected chi connectivity index (χ0v) is 19.5. The number of anilines is 2. The summed E-state index contributed by atoms with van der Waals surface area (Å²) in [6.07, 6.45) is 3.26. The molecular formula is C27H27N5O2. The summed E-state index contributed by atoms with van der Waals surface area (Å²) < 4.78 is 6.53. The normalized spacial score (nSPS) is 10.9. The maximum atomic E-state index is 13.0. The van der Waals surface area contributed by atoms with E-state index in [9.17, 15) is 4.79 Å². The van der Waals surface area contributed by atoms with E-state index in [1.807, 2.05) is 85.7 Å². The molecule has 1 heterocycles. The van der Waals surface area contributed by atoms with Gasteiger partial charge in [0.25, 0.3) is 5.91 Å². The summed E-state index contributed by atoms with van der Waals surface area (Å²) in [5.41, 5.74) is 3.91. The van der Waals surface area contributed by atoms with Crippen molar-refractivity contribution in [3.05, 3.63) is 96.1 Å². The van der Waals surface area contributed by atoms with Crippen LogP contribution >= 0.6 is 0 Å². The molecule has 0 amide bonds. The van der Waals surface area contributed by atoms with E-state index in [1.54, 1.807) is 13.2 Å². The number of hydrogen-bond donors (Lipinski definition) is 1. The Morgan fingerprint density at radius 3 is 2.35 bits per heavy atom. The second-order valence-corrected chi connectivity index (χ2v) is 7.90. The zero-order chi connectivity index (χ0) is 23.9. The Morgan fingerprint density at radius 1 is 1.00 bits per heavy atom. The monoisotopic (exact) mass is 453 g/mol. The predicted octanol–water partition coefficient (Wildman–Crippen LogP) is 4.99. The number of hydrogen-bond acceptors (Lipinski definition) is 6. The van der Waals surface area contributed by atoms with Crippen molar-refractivity contribution in [2.24, 2.45) is 0 Å². The number of carbonyl (C=O) groups is 1. The molecule has 0 aliphatic rings. The minimum atomic E-state index is -0.290. The van der Waals surface area contributed by atoms with Gasteiger partial charge in [-0.15, -0.1) is 5.10 Å². The van der Waals surface area contributed by atoms with Crippen LogP contribution in [0.5, 0.6) is 5.75 Å². The van der Waals surface area contributed by atoms with Crippen molar-refractivity contribution in [2.75, 3.05) is 31.4 Å². The smallest absolute Gasteiger partial charge is 0.274 e. The fraction of sp³-hybridized carbons (Fsp3) is 0.148. The molecule has 0 spiro atoms. The van der Waals surface area contributed by atoms with Crippen molar-refractivity contribution in [3.63, 3.8) is 0 Å². The molecule has 4 rings (SSSR count). The first kappa shape index (κ1) is 22.8. The maximum Gasteiger partial charge on any atom is 0.274 e. The van der Waals surface area contributed by atoms with Crippen LogP contribution in [-0.4, -0.2) is 41.9 Å². The SMILES string of the molecule is COc1ccc(-c2nc(NCc3ccc(N(C)C)cc3)n(C(=O)C=Cc3ccccc3)n2)cc1. The van der Waals surface area contributed by atoms with Crippen molar-refractivity contribution >= 4 is 23.6 Å². The third kappa shape index (κ3) is 5.50. The largest absolute Gasteiger partial charge is 0.497 e. The zero-order valence-electron chi connectivity index (χ0n) is 19.5. The lowest BCUT2D eigenvalue weighted by atomic mass is 10.2. The van der Waals surface area contributed by atoms with Crippen molar-refractivity contribution < 1.29 is 9.53 Å². The highest BCUT2D eigenvalue weighted by molar-refractivity contribution is 5.94. The second-order valence-electron chi connectivity index (χ2n) is 7.90. The molecule has 7 nitrogen and oxygen atoms in total. The summed E-state index contributed by atoms with van der Waals surface area (Å²) in [6, 6.07) is 25.3. The summed E-state index contributed by atoms with van der Waals surface area (Å²) in [5.74, 6) is 1.28. The number of carbonyl (C=O) groups excluding carboxylic acids is 1. The van der Waals surface area contributed by atoms with Crippen molar-refractivity contribution in [1.82, 2.24) is 14.8 Å². The van der Waals surface area contributed by atoms with Crippen molar-refractivity contribution in [2.45, 2.75) is 6.54 Å². The number of methoxy groups -OCH3 is 1. The molecule has 0 aliphatic heterocycles. The number of nitrogens with one attached hydrogen (secondary N) is 1. The topological polar surface area (TPSA) is 72.3 Å². The maximum absolute atomic E-state index is 13.0. The Hall–Kier alpha value is -4.39. The van der Waals surface area contributed by atoms with Gasteiger partial charge in [-0.25, -0.2) is 0 Å². The van der Waals surface area contributed by atoms with Gasteiger partial charge in [-0.2, -0.15) is 9.67 Å².